The molecule has 0 bridgehead atoms. The number of rotatable bonds is 9. The fourth-order valence-electron chi connectivity index (χ4n) is 5.14. The van der Waals surface area contributed by atoms with E-state index in [-0.39, 0.29) is 5.75 Å². The molecule has 1 saturated carbocycles. The van der Waals surface area contributed by atoms with E-state index in [9.17, 15) is 8.78 Å². The standard InChI is InChI=1S/C27H38F2O/c1-3-7-20-10-12-21(13-11-20)8-5-6-9-22-14-16-23(17-15-22)24-18-19-25(30-4-2)27(29)26(24)28/h5,8,16,18-22H,3-4,6-7,9-15,17H2,1-2H3. The van der Waals surface area contributed by atoms with E-state index in [2.05, 4.69) is 25.2 Å². The van der Waals surface area contributed by atoms with Gasteiger partial charge in [-0.15, -0.1) is 0 Å². The highest BCUT2D eigenvalue weighted by Gasteiger charge is 2.21. The van der Waals surface area contributed by atoms with Crippen molar-refractivity contribution in [3.05, 3.63) is 47.6 Å². The predicted octanol–water partition coefficient (Wildman–Crippen LogP) is 8.49. The molecule has 1 unspecified atom stereocenters. The molecule has 0 saturated heterocycles. The van der Waals surface area contributed by atoms with Crippen LogP contribution in [0.2, 0.25) is 0 Å². The van der Waals surface area contributed by atoms with Gasteiger partial charge in [-0.2, -0.15) is 4.39 Å². The minimum absolute atomic E-state index is 0.00123. The Hall–Kier alpha value is -1.64. The predicted molar refractivity (Wildman–Crippen MR) is 122 cm³/mol. The van der Waals surface area contributed by atoms with Crippen LogP contribution in [0.1, 0.15) is 90.0 Å². The Kier molecular flexibility index (Phi) is 8.96. The van der Waals surface area contributed by atoms with E-state index >= 15 is 0 Å². The molecule has 166 valence electrons. The summed E-state index contributed by atoms with van der Waals surface area (Å²) < 4.78 is 33.8. The summed E-state index contributed by atoms with van der Waals surface area (Å²) in [4.78, 5) is 0. The third-order valence-electron chi connectivity index (χ3n) is 6.95. The number of halogens is 2. The van der Waals surface area contributed by atoms with Crippen molar-refractivity contribution >= 4 is 5.57 Å². The van der Waals surface area contributed by atoms with Gasteiger partial charge in [-0.3, -0.25) is 0 Å². The quantitative estimate of drug-likeness (QED) is 0.367. The molecule has 0 aliphatic heterocycles. The van der Waals surface area contributed by atoms with Crippen LogP contribution < -0.4 is 4.74 Å². The van der Waals surface area contributed by atoms with Gasteiger partial charge in [0.1, 0.15) is 0 Å². The highest BCUT2D eigenvalue weighted by molar-refractivity contribution is 5.67. The molecule has 0 amide bonds. The van der Waals surface area contributed by atoms with Gasteiger partial charge in [-0.1, -0.05) is 38.0 Å². The van der Waals surface area contributed by atoms with Gasteiger partial charge in [0.05, 0.1) is 6.61 Å². The van der Waals surface area contributed by atoms with Crippen molar-refractivity contribution in [3.8, 4) is 5.75 Å². The first-order valence-corrected chi connectivity index (χ1v) is 12.1. The molecule has 3 rings (SSSR count). The Balaban J connectivity index is 1.44. The van der Waals surface area contributed by atoms with Gasteiger partial charge in [0.25, 0.3) is 0 Å². The molecule has 0 N–H and O–H groups in total. The monoisotopic (exact) mass is 416 g/mol. The second kappa shape index (κ2) is 11.7. The molecular formula is C27H38F2O. The van der Waals surface area contributed by atoms with Gasteiger partial charge < -0.3 is 4.74 Å². The summed E-state index contributed by atoms with van der Waals surface area (Å²) in [6.07, 6.45) is 20.4. The lowest BCUT2D eigenvalue weighted by Crippen LogP contribution is -2.12. The van der Waals surface area contributed by atoms with E-state index in [0.717, 1.165) is 43.1 Å². The van der Waals surface area contributed by atoms with E-state index in [1.54, 1.807) is 19.1 Å². The second-order valence-electron chi connectivity index (χ2n) is 9.12. The molecule has 0 aromatic heterocycles. The molecule has 1 aromatic carbocycles. The van der Waals surface area contributed by atoms with Crippen LogP contribution in [0.5, 0.6) is 5.75 Å². The first-order chi connectivity index (χ1) is 14.6. The molecule has 1 atom stereocenters. The highest BCUT2D eigenvalue weighted by atomic mass is 19.2. The van der Waals surface area contributed by atoms with E-state index in [4.69, 9.17) is 4.74 Å². The van der Waals surface area contributed by atoms with Crippen LogP contribution in [0.3, 0.4) is 0 Å². The first-order valence-electron chi connectivity index (χ1n) is 12.1. The minimum Gasteiger partial charge on any atom is -0.491 e. The van der Waals surface area contributed by atoms with Crippen LogP contribution in [-0.4, -0.2) is 6.61 Å². The summed E-state index contributed by atoms with van der Waals surface area (Å²) >= 11 is 0. The summed E-state index contributed by atoms with van der Waals surface area (Å²) in [6, 6.07) is 3.21. The van der Waals surface area contributed by atoms with Gasteiger partial charge in [0.2, 0.25) is 5.82 Å². The lowest BCUT2D eigenvalue weighted by Gasteiger charge is -2.26. The largest absolute Gasteiger partial charge is 0.491 e. The molecule has 1 nitrogen and oxygen atoms in total. The first kappa shape index (κ1) is 23.0. The zero-order chi connectivity index (χ0) is 21.3. The summed E-state index contributed by atoms with van der Waals surface area (Å²) in [5.41, 5.74) is 1.33. The Bertz CT molecular complexity index is 729. The Morgan fingerprint density at radius 1 is 0.967 bits per heavy atom. The van der Waals surface area contributed by atoms with Gasteiger partial charge in [0.15, 0.2) is 11.6 Å². The van der Waals surface area contributed by atoms with E-state index < -0.39 is 11.6 Å². The molecule has 0 heterocycles. The molecular weight excluding hydrogens is 378 g/mol. The van der Waals surface area contributed by atoms with Gasteiger partial charge in [-0.25, -0.2) is 4.39 Å². The number of ether oxygens (including phenoxy) is 1. The second-order valence-corrected chi connectivity index (χ2v) is 9.12. The average Bonchev–Trinajstić information content (AvgIpc) is 2.77. The molecule has 1 aromatic rings. The summed E-state index contributed by atoms with van der Waals surface area (Å²) in [5.74, 6) is 0.756. The van der Waals surface area contributed by atoms with Crippen molar-refractivity contribution < 1.29 is 13.5 Å². The summed E-state index contributed by atoms with van der Waals surface area (Å²) in [6.45, 7) is 4.39. The zero-order valence-electron chi connectivity index (χ0n) is 18.8. The molecule has 0 radical (unpaired) electrons. The fourth-order valence-corrected chi connectivity index (χ4v) is 5.14. The van der Waals surface area contributed by atoms with Gasteiger partial charge in [-0.05, 0) is 100 Å². The number of hydrogen-bond acceptors (Lipinski definition) is 1. The van der Waals surface area contributed by atoms with Crippen molar-refractivity contribution in [3.63, 3.8) is 0 Å². The van der Waals surface area contributed by atoms with Crippen molar-refractivity contribution in [1.29, 1.82) is 0 Å². The Morgan fingerprint density at radius 3 is 2.43 bits per heavy atom. The van der Waals surface area contributed by atoms with E-state index in [1.165, 1.54) is 44.9 Å². The van der Waals surface area contributed by atoms with Crippen LogP contribution in [0, 0.1) is 29.4 Å². The van der Waals surface area contributed by atoms with Crippen molar-refractivity contribution in [2.75, 3.05) is 6.61 Å². The van der Waals surface area contributed by atoms with Gasteiger partial charge in [0, 0.05) is 5.56 Å². The molecule has 2 aliphatic carbocycles. The molecule has 30 heavy (non-hydrogen) atoms. The lowest BCUT2D eigenvalue weighted by molar-refractivity contribution is 0.294. The smallest absolute Gasteiger partial charge is 0.201 e. The Morgan fingerprint density at radius 2 is 1.77 bits per heavy atom. The third kappa shape index (κ3) is 6.18. The average molecular weight is 417 g/mol. The molecule has 1 fully saturated rings. The fraction of sp³-hybridized carbons (Fsp3) is 0.630. The number of hydrogen-bond donors (Lipinski definition) is 0. The molecule has 2 aliphatic rings. The van der Waals surface area contributed by atoms with Crippen LogP contribution in [0.15, 0.2) is 30.4 Å². The van der Waals surface area contributed by atoms with Crippen LogP contribution in [-0.2, 0) is 0 Å². The topological polar surface area (TPSA) is 9.23 Å². The van der Waals surface area contributed by atoms with Crippen LogP contribution in [0.4, 0.5) is 8.78 Å². The van der Waals surface area contributed by atoms with E-state index in [1.807, 2.05) is 0 Å². The molecule has 0 spiro atoms. The summed E-state index contributed by atoms with van der Waals surface area (Å²) in [7, 11) is 0. The zero-order valence-corrected chi connectivity index (χ0v) is 18.8. The number of benzene rings is 1. The van der Waals surface area contributed by atoms with Crippen molar-refractivity contribution in [1.82, 2.24) is 0 Å². The maximum absolute atomic E-state index is 14.5. The Labute approximate surface area is 181 Å². The normalized spacial score (nSPS) is 24.8. The molecule has 3 heteroatoms. The van der Waals surface area contributed by atoms with Crippen LogP contribution >= 0.6 is 0 Å². The SMILES string of the molecule is CCCC1CCC(C=CCCC2CC=C(c3ccc(OCC)c(F)c3F)CC2)CC1. The lowest BCUT2D eigenvalue weighted by atomic mass is 9.80. The van der Waals surface area contributed by atoms with Crippen molar-refractivity contribution in [2.45, 2.75) is 84.5 Å². The van der Waals surface area contributed by atoms with E-state index in [0.29, 0.717) is 18.1 Å². The number of allylic oxidation sites excluding steroid dienone is 4. The highest BCUT2D eigenvalue weighted by Crippen LogP contribution is 2.36. The van der Waals surface area contributed by atoms with Crippen LogP contribution in [0.25, 0.3) is 5.57 Å². The minimum atomic E-state index is -0.869. The van der Waals surface area contributed by atoms with Crippen molar-refractivity contribution in [2.24, 2.45) is 17.8 Å². The maximum atomic E-state index is 14.5. The maximum Gasteiger partial charge on any atom is 0.201 e. The summed E-state index contributed by atoms with van der Waals surface area (Å²) in [5, 5.41) is 0. The third-order valence-corrected chi connectivity index (χ3v) is 6.95. The van der Waals surface area contributed by atoms with Gasteiger partial charge >= 0.3 is 0 Å².